The molecule has 2 aromatic rings. The van der Waals surface area contributed by atoms with Gasteiger partial charge >= 0.3 is 0 Å². The summed E-state index contributed by atoms with van der Waals surface area (Å²) in [5.74, 6) is 0. The molecule has 2 saturated heterocycles. The number of epoxide rings is 2. The molecule has 0 aromatic heterocycles. The zero-order valence-electron chi connectivity index (χ0n) is 13.6. The summed E-state index contributed by atoms with van der Waals surface area (Å²) in [6.07, 6.45) is 0.774. The Morgan fingerprint density at radius 3 is 1.48 bits per heavy atom. The average molecular weight is 310 g/mol. The Bertz CT molecular complexity index is 603. The van der Waals surface area contributed by atoms with Crippen molar-refractivity contribution >= 4 is 0 Å². The Kier molecular flexibility index (Phi) is 3.93. The lowest BCUT2D eigenvalue weighted by molar-refractivity contribution is 0.102. The standard InChI is InChI=1S/C20H22O3/c1-13-3-7-15(8-4-13)19-17(22-19)11-21-12-18-20(23-18)16-9-5-14(2)6-10-16/h3-10,17-20H,11-12H2,1-2H3. The molecule has 4 unspecified atom stereocenters. The van der Waals surface area contributed by atoms with Crippen LogP contribution in [0.4, 0.5) is 0 Å². The van der Waals surface area contributed by atoms with Crippen LogP contribution in [0.5, 0.6) is 0 Å². The number of rotatable bonds is 6. The highest BCUT2D eigenvalue weighted by Gasteiger charge is 2.43. The van der Waals surface area contributed by atoms with Gasteiger partial charge in [0.15, 0.2) is 0 Å². The predicted octanol–water partition coefficient (Wildman–Crippen LogP) is 3.90. The van der Waals surface area contributed by atoms with Gasteiger partial charge in [-0.15, -0.1) is 0 Å². The molecular formula is C20H22O3. The van der Waals surface area contributed by atoms with Gasteiger partial charge in [-0.3, -0.25) is 0 Å². The Morgan fingerprint density at radius 1 is 0.696 bits per heavy atom. The van der Waals surface area contributed by atoms with Crippen LogP contribution >= 0.6 is 0 Å². The molecule has 2 aliphatic rings. The van der Waals surface area contributed by atoms with Crippen LogP contribution in [-0.4, -0.2) is 25.4 Å². The maximum Gasteiger partial charge on any atom is 0.112 e. The summed E-state index contributed by atoms with van der Waals surface area (Å²) in [5.41, 5.74) is 5.03. The van der Waals surface area contributed by atoms with E-state index in [9.17, 15) is 0 Å². The van der Waals surface area contributed by atoms with Gasteiger partial charge in [0.2, 0.25) is 0 Å². The summed E-state index contributed by atoms with van der Waals surface area (Å²) in [4.78, 5) is 0. The van der Waals surface area contributed by atoms with Gasteiger partial charge in [-0.05, 0) is 25.0 Å². The minimum atomic E-state index is 0.189. The zero-order chi connectivity index (χ0) is 15.8. The van der Waals surface area contributed by atoms with Gasteiger partial charge in [0.05, 0.1) is 13.2 Å². The van der Waals surface area contributed by atoms with Crippen LogP contribution in [0, 0.1) is 13.8 Å². The van der Waals surface area contributed by atoms with E-state index in [2.05, 4.69) is 62.4 Å². The molecule has 2 aromatic carbocycles. The molecule has 0 radical (unpaired) electrons. The Hall–Kier alpha value is -1.68. The van der Waals surface area contributed by atoms with Crippen LogP contribution in [0.15, 0.2) is 48.5 Å². The van der Waals surface area contributed by atoms with E-state index in [0.717, 1.165) is 0 Å². The second kappa shape index (κ2) is 6.08. The highest BCUT2D eigenvalue weighted by molar-refractivity contribution is 5.27. The van der Waals surface area contributed by atoms with Crippen molar-refractivity contribution in [2.45, 2.75) is 38.3 Å². The number of aryl methyl sites for hydroxylation is 2. The van der Waals surface area contributed by atoms with E-state index >= 15 is 0 Å². The van der Waals surface area contributed by atoms with E-state index in [4.69, 9.17) is 14.2 Å². The summed E-state index contributed by atoms with van der Waals surface area (Å²) in [6.45, 7) is 5.47. The minimum absolute atomic E-state index is 0.189. The third-order valence-electron chi connectivity index (χ3n) is 4.54. The molecule has 2 aliphatic heterocycles. The molecule has 120 valence electrons. The van der Waals surface area contributed by atoms with Gasteiger partial charge in [0.1, 0.15) is 24.4 Å². The van der Waals surface area contributed by atoms with Crippen LogP contribution in [-0.2, 0) is 14.2 Å². The lowest BCUT2D eigenvalue weighted by Gasteiger charge is -2.00. The molecule has 0 amide bonds. The fraction of sp³-hybridized carbons (Fsp3) is 0.400. The third kappa shape index (κ3) is 3.47. The number of hydrogen-bond acceptors (Lipinski definition) is 3. The molecule has 23 heavy (non-hydrogen) atoms. The second-order valence-electron chi connectivity index (χ2n) is 6.55. The highest BCUT2D eigenvalue weighted by atomic mass is 16.6. The summed E-state index contributed by atoms with van der Waals surface area (Å²) in [7, 11) is 0. The van der Waals surface area contributed by atoms with E-state index in [0.29, 0.717) is 13.2 Å². The lowest BCUT2D eigenvalue weighted by atomic mass is 10.1. The highest BCUT2D eigenvalue weighted by Crippen LogP contribution is 2.41. The van der Waals surface area contributed by atoms with Gasteiger partial charge in [-0.25, -0.2) is 0 Å². The molecule has 0 bridgehead atoms. The van der Waals surface area contributed by atoms with Crippen molar-refractivity contribution in [3.63, 3.8) is 0 Å². The van der Waals surface area contributed by atoms with E-state index in [1.165, 1.54) is 22.3 Å². The largest absolute Gasteiger partial charge is 0.376 e. The van der Waals surface area contributed by atoms with Crippen LogP contribution < -0.4 is 0 Å². The molecule has 2 heterocycles. The molecule has 0 spiro atoms. The molecule has 0 aliphatic carbocycles. The minimum Gasteiger partial charge on any atom is -0.376 e. The fourth-order valence-corrected chi connectivity index (χ4v) is 2.94. The van der Waals surface area contributed by atoms with Crippen molar-refractivity contribution in [3.05, 3.63) is 70.8 Å². The maximum atomic E-state index is 5.78. The van der Waals surface area contributed by atoms with Crippen molar-refractivity contribution in [1.29, 1.82) is 0 Å². The Balaban J connectivity index is 1.19. The van der Waals surface area contributed by atoms with E-state index in [-0.39, 0.29) is 24.4 Å². The van der Waals surface area contributed by atoms with Crippen molar-refractivity contribution in [3.8, 4) is 0 Å². The first-order valence-electron chi connectivity index (χ1n) is 8.22. The van der Waals surface area contributed by atoms with Crippen LogP contribution in [0.1, 0.15) is 34.5 Å². The van der Waals surface area contributed by atoms with E-state index in [1.54, 1.807) is 0 Å². The van der Waals surface area contributed by atoms with Gasteiger partial charge in [0, 0.05) is 0 Å². The van der Waals surface area contributed by atoms with Gasteiger partial charge < -0.3 is 14.2 Å². The topological polar surface area (TPSA) is 34.3 Å². The molecule has 4 atom stereocenters. The first-order chi connectivity index (χ1) is 11.2. The third-order valence-corrected chi connectivity index (χ3v) is 4.54. The average Bonchev–Trinajstić information content (AvgIpc) is 3.45. The van der Waals surface area contributed by atoms with Crippen molar-refractivity contribution in [1.82, 2.24) is 0 Å². The molecule has 4 rings (SSSR count). The monoisotopic (exact) mass is 310 g/mol. The molecule has 0 N–H and O–H groups in total. The first kappa shape index (κ1) is 14.9. The number of benzene rings is 2. The molecular weight excluding hydrogens is 288 g/mol. The summed E-state index contributed by atoms with van der Waals surface area (Å²) in [6, 6.07) is 17.0. The predicted molar refractivity (Wildman–Crippen MR) is 88.4 cm³/mol. The zero-order valence-corrected chi connectivity index (χ0v) is 13.6. The Labute approximate surface area is 137 Å². The van der Waals surface area contributed by atoms with Gasteiger partial charge in [0.25, 0.3) is 0 Å². The number of ether oxygens (including phenoxy) is 3. The first-order valence-corrected chi connectivity index (χ1v) is 8.22. The van der Waals surface area contributed by atoms with Crippen molar-refractivity contribution < 1.29 is 14.2 Å². The number of hydrogen-bond donors (Lipinski definition) is 0. The van der Waals surface area contributed by atoms with E-state index < -0.39 is 0 Å². The quantitative estimate of drug-likeness (QED) is 0.759. The normalized spacial score (nSPS) is 28.6. The lowest BCUT2D eigenvalue weighted by Crippen LogP contribution is -2.08. The van der Waals surface area contributed by atoms with Crippen LogP contribution in [0.2, 0.25) is 0 Å². The molecule has 0 saturated carbocycles. The smallest absolute Gasteiger partial charge is 0.112 e. The Morgan fingerprint density at radius 2 is 1.09 bits per heavy atom. The second-order valence-corrected chi connectivity index (χ2v) is 6.55. The van der Waals surface area contributed by atoms with Crippen LogP contribution in [0.3, 0.4) is 0 Å². The molecule has 3 nitrogen and oxygen atoms in total. The summed E-state index contributed by atoms with van der Waals surface area (Å²) >= 11 is 0. The van der Waals surface area contributed by atoms with E-state index in [1.807, 2.05) is 0 Å². The van der Waals surface area contributed by atoms with Crippen molar-refractivity contribution in [2.75, 3.05) is 13.2 Å². The molecule has 3 heteroatoms. The van der Waals surface area contributed by atoms with Gasteiger partial charge in [-0.2, -0.15) is 0 Å². The maximum absolute atomic E-state index is 5.78. The van der Waals surface area contributed by atoms with Crippen LogP contribution in [0.25, 0.3) is 0 Å². The van der Waals surface area contributed by atoms with Gasteiger partial charge in [-0.1, -0.05) is 59.7 Å². The summed E-state index contributed by atoms with van der Waals surface area (Å²) in [5, 5.41) is 0. The van der Waals surface area contributed by atoms with Crippen molar-refractivity contribution in [2.24, 2.45) is 0 Å². The summed E-state index contributed by atoms with van der Waals surface area (Å²) < 4.78 is 17.2. The SMILES string of the molecule is Cc1ccc(C2OC2COCC2OC2c2ccc(C)cc2)cc1. The molecule has 2 fully saturated rings. The fourth-order valence-electron chi connectivity index (χ4n) is 2.94.